The van der Waals surface area contributed by atoms with E-state index >= 15 is 0 Å². The second-order valence-electron chi connectivity index (χ2n) is 7.89. The highest BCUT2D eigenvalue weighted by Crippen LogP contribution is 2.32. The summed E-state index contributed by atoms with van der Waals surface area (Å²) in [5.74, 6) is -0.475. The van der Waals surface area contributed by atoms with Crippen LogP contribution in [0.3, 0.4) is 0 Å². The third-order valence-corrected chi connectivity index (χ3v) is 5.93. The molecule has 3 heterocycles. The van der Waals surface area contributed by atoms with Crippen molar-refractivity contribution in [1.82, 2.24) is 24.5 Å². The third-order valence-electron chi connectivity index (χ3n) is 5.67. The highest BCUT2D eigenvalue weighted by atomic mass is 35.5. The van der Waals surface area contributed by atoms with Gasteiger partial charge in [-0.05, 0) is 42.3 Å². The van der Waals surface area contributed by atoms with Crippen LogP contribution in [0.2, 0.25) is 5.02 Å². The SMILES string of the molecule is Cc1cc(NC(c2ccc(Cl)cc2)c2nc(C(=O)O)cn2C2COC2)cc2c1nnn2C. The molecular formula is C22H21ClN6O3. The number of hydrogen-bond acceptors (Lipinski definition) is 6. The van der Waals surface area contributed by atoms with E-state index in [-0.39, 0.29) is 11.7 Å². The molecule has 1 aliphatic heterocycles. The van der Waals surface area contributed by atoms with Gasteiger partial charge in [0.05, 0.1) is 24.8 Å². The Morgan fingerprint density at radius 3 is 2.69 bits per heavy atom. The van der Waals surface area contributed by atoms with Crippen LogP contribution in [0.5, 0.6) is 0 Å². The molecule has 2 N–H and O–H groups in total. The standard InChI is InChI=1S/C22H21ClN6O3/c1-12-7-15(8-18-19(12)26-27-28(18)2)24-20(13-3-5-14(23)6-4-13)21-25-17(22(30)31)9-29(21)16-10-32-11-16/h3-9,16,20,24H,10-11H2,1-2H3,(H,30,31). The molecule has 9 nitrogen and oxygen atoms in total. The first-order valence-electron chi connectivity index (χ1n) is 10.1. The first kappa shape index (κ1) is 20.5. The maximum atomic E-state index is 11.7. The normalized spacial score (nSPS) is 15.0. The Morgan fingerprint density at radius 2 is 2.03 bits per heavy atom. The minimum atomic E-state index is -1.07. The van der Waals surface area contributed by atoms with E-state index in [0.29, 0.717) is 24.1 Å². The van der Waals surface area contributed by atoms with Crippen LogP contribution < -0.4 is 5.32 Å². The number of carboxylic acid groups (broad SMARTS) is 1. The average Bonchev–Trinajstić information content (AvgIpc) is 3.31. The average molecular weight is 453 g/mol. The molecule has 0 saturated carbocycles. The number of benzene rings is 2. The Morgan fingerprint density at radius 1 is 1.28 bits per heavy atom. The largest absolute Gasteiger partial charge is 0.476 e. The summed E-state index contributed by atoms with van der Waals surface area (Å²) in [6.07, 6.45) is 1.58. The Labute approximate surface area is 188 Å². The molecule has 10 heteroatoms. The summed E-state index contributed by atoms with van der Waals surface area (Å²) in [6, 6.07) is 11.0. The smallest absolute Gasteiger partial charge is 0.356 e. The number of nitrogens with one attached hydrogen (secondary N) is 1. The predicted octanol–water partition coefficient (Wildman–Crippen LogP) is 3.60. The van der Waals surface area contributed by atoms with E-state index in [9.17, 15) is 9.90 Å². The number of carboxylic acids is 1. The van der Waals surface area contributed by atoms with E-state index in [2.05, 4.69) is 20.6 Å². The molecule has 5 rings (SSSR count). The molecule has 0 spiro atoms. The van der Waals surface area contributed by atoms with Gasteiger partial charge in [0.1, 0.15) is 17.4 Å². The summed E-state index contributed by atoms with van der Waals surface area (Å²) in [5, 5.41) is 22.1. The zero-order valence-electron chi connectivity index (χ0n) is 17.5. The van der Waals surface area contributed by atoms with E-state index < -0.39 is 12.0 Å². The predicted molar refractivity (Wildman–Crippen MR) is 119 cm³/mol. The molecule has 2 aromatic heterocycles. The molecule has 1 aliphatic rings. The molecule has 32 heavy (non-hydrogen) atoms. The Kier molecular flexibility index (Phi) is 5.07. The van der Waals surface area contributed by atoms with Crippen LogP contribution in [0.1, 0.15) is 39.5 Å². The molecule has 2 aromatic carbocycles. The van der Waals surface area contributed by atoms with Gasteiger partial charge in [-0.15, -0.1) is 5.10 Å². The number of aryl methyl sites for hydroxylation is 2. The number of fused-ring (bicyclic) bond motifs is 1. The van der Waals surface area contributed by atoms with Gasteiger partial charge >= 0.3 is 5.97 Å². The van der Waals surface area contributed by atoms with Crippen LogP contribution in [0.4, 0.5) is 5.69 Å². The number of anilines is 1. The number of aromatic carboxylic acids is 1. The molecule has 4 aromatic rings. The van der Waals surface area contributed by atoms with Crippen molar-refractivity contribution in [2.24, 2.45) is 7.05 Å². The van der Waals surface area contributed by atoms with E-state index in [0.717, 1.165) is 27.8 Å². The zero-order valence-corrected chi connectivity index (χ0v) is 18.2. The molecule has 1 fully saturated rings. The molecule has 0 amide bonds. The first-order chi connectivity index (χ1) is 15.4. The summed E-state index contributed by atoms with van der Waals surface area (Å²) in [6.45, 7) is 3.01. The number of imidazole rings is 1. The van der Waals surface area contributed by atoms with Crippen LogP contribution in [0.25, 0.3) is 11.0 Å². The van der Waals surface area contributed by atoms with Gasteiger partial charge in [-0.3, -0.25) is 0 Å². The molecular weight excluding hydrogens is 432 g/mol. The number of carbonyl (C=O) groups is 1. The van der Waals surface area contributed by atoms with Gasteiger partial charge in [0.2, 0.25) is 0 Å². The summed E-state index contributed by atoms with van der Waals surface area (Å²) in [5.41, 5.74) is 4.45. The Balaban J connectivity index is 1.63. The van der Waals surface area contributed by atoms with Crippen molar-refractivity contribution >= 4 is 34.3 Å². The molecule has 1 saturated heterocycles. The maximum Gasteiger partial charge on any atom is 0.356 e. The van der Waals surface area contributed by atoms with E-state index in [1.54, 1.807) is 10.9 Å². The lowest BCUT2D eigenvalue weighted by molar-refractivity contribution is -0.0246. The van der Waals surface area contributed by atoms with Crippen molar-refractivity contribution in [3.05, 3.63) is 70.3 Å². The Hall–Kier alpha value is -3.43. The van der Waals surface area contributed by atoms with Crippen LogP contribution >= 0.6 is 11.6 Å². The van der Waals surface area contributed by atoms with Gasteiger partial charge in [-0.2, -0.15) is 0 Å². The quantitative estimate of drug-likeness (QED) is 0.460. The highest BCUT2D eigenvalue weighted by Gasteiger charge is 2.30. The molecule has 164 valence electrons. The lowest BCUT2D eigenvalue weighted by atomic mass is 10.0. The molecule has 0 bridgehead atoms. The third kappa shape index (κ3) is 3.59. The zero-order chi connectivity index (χ0) is 22.4. The van der Waals surface area contributed by atoms with Gasteiger partial charge in [0.15, 0.2) is 5.69 Å². The van der Waals surface area contributed by atoms with Gasteiger partial charge < -0.3 is 19.7 Å². The number of ether oxygens (including phenoxy) is 1. The number of rotatable bonds is 6. The second-order valence-corrected chi connectivity index (χ2v) is 8.33. The monoisotopic (exact) mass is 452 g/mol. The number of nitrogens with zero attached hydrogens (tertiary/aromatic N) is 5. The van der Waals surface area contributed by atoms with E-state index in [1.807, 2.05) is 54.9 Å². The van der Waals surface area contributed by atoms with Crippen molar-refractivity contribution in [2.75, 3.05) is 18.5 Å². The van der Waals surface area contributed by atoms with Crippen molar-refractivity contribution in [3.8, 4) is 0 Å². The topological polar surface area (TPSA) is 107 Å². The molecule has 0 radical (unpaired) electrons. The van der Waals surface area contributed by atoms with Crippen LogP contribution in [-0.2, 0) is 11.8 Å². The number of halogens is 1. The molecule has 0 aliphatic carbocycles. The molecule has 1 atom stereocenters. The molecule has 1 unspecified atom stereocenters. The minimum Gasteiger partial charge on any atom is -0.476 e. The lowest BCUT2D eigenvalue weighted by Gasteiger charge is -2.31. The van der Waals surface area contributed by atoms with Crippen LogP contribution in [-0.4, -0.2) is 48.8 Å². The fraction of sp³-hybridized carbons (Fsp3) is 0.273. The number of hydrogen-bond donors (Lipinski definition) is 2. The first-order valence-corrected chi connectivity index (χ1v) is 10.5. The van der Waals surface area contributed by atoms with Crippen molar-refractivity contribution in [1.29, 1.82) is 0 Å². The second kappa shape index (κ2) is 7.92. The van der Waals surface area contributed by atoms with Gasteiger partial charge in [0.25, 0.3) is 0 Å². The fourth-order valence-electron chi connectivity index (χ4n) is 3.90. The summed E-state index contributed by atoms with van der Waals surface area (Å²) in [4.78, 5) is 16.2. The fourth-order valence-corrected chi connectivity index (χ4v) is 4.03. The van der Waals surface area contributed by atoms with Crippen molar-refractivity contribution in [2.45, 2.75) is 19.0 Å². The summed E-state index contributed by atoms with van der Waals surface area (Å²) in [7, 11) is 1.84. The van der Waals surface area contributed by atoms with Crippen LogP contribution in [0.15, 0.2) is 42.6 Å². The van der Waals surface area contributed by atoms with Crippen molar-refractivity contribution < 1.29 is 14.6 Å². The van der Waals surface area contributed by atoms with Crippen LogP contribution in [0, 0.1) is 6.92 Å². The van der Waals surface area contributed by atoms with E-state index in [1.165, 1.54) is 0 Å². The number of aromatic nitrogens is 5. The van der Waals surface area contributed by atoms with Gasteiger partial charge in [-0.1, -0.05) is 28.9 Å². The maximum absolute atomic E-state index is 11.7. The minimum absolute atomic E-state index is 0.00451. The van der Waals surface area contributed by atoms with E-state index in [4.69, 9.17) is 16.3 Å². The summed E-state index contributed by atoms with van der Waals surface area (Å²) < 4.78 is 8.97. The van der Waals surface area contributed by atoms with Gasteiger partial charge in [0, 0.05) is 24.0 Å². The summed E-state index contributed by atoms with van der Waals surface area (Å²) >= 11 is 6.12. The van der Waals surface area contributed by atoms with Crippen molar-refractivity contribution in [3.63, 3.8) is 0 Å². The lowest BCUT2D eigenvalue weighted by Crippen LogP contribution is -2.33. The Bertz CT molecular complexity index is 1310. The highest BCUT2D eigenvalue weighted by molar-refractivity contribution is 6.30. The van der Waals surface area contributed by atoms with Gasteiger partial charge in [-0.25, -0.2) is 14.5 Å².